The molecule has 23 heavy (non-hydrogen) atoms. The van der Waals surface area contributed by atoms with E-state index in [0.717, 1.165) is 26.1 Å². The summed E-state index contributed by atoms with van der Waals surface area (Å²) < 4.78 is 7.20. The van der Waals surface area contributed by atoms with Crippen LogP contribution in [-0.4, -0.2) is 90.2 Å². The van der Waals surface area contributed by atoms with E-state index >= 15 is 0 Å². The molecule has 0 radical (unpaired) electrons. The highest BCUT2D eigenvalue weighted by Crippen LogP contribution is 2.33. The van der Waals surface area contributed by atoms with Gasteiger partial charge in [0.1, 0.15) is 32.4 Å². The molecule has 5 aliphatic heterocycles. The van der Waals surface area contributed by atoms with Crippen molar-refractivity contribution < 1.29 is 18.1 Å². The molecule has 3 saturated heterocycles. The Kier molecular flexibility index (Phi) is 6.31. The number of allylic oxidation sites excluding steroid dienone is 2. The second kappa shape index (κ2) is 8.02. The molecule has 5 aliphatic rings. The zero-order valence-electron chi connectivity index (χ0n) is 15.6. The van der Waals surface area contributed by atoms with Crippen LogP contribution in [0.15, 0.2) is 24.4 Å². The molecule has 0 aromatic rings. The number of hydrogen-bond donors (Lipinski definition) is 0. The fraction of sp³-hybridized carbons (Fsp3) is 0.684. The Labute approximate surface area is 142 Å². The first-order valence-corrected chi connectivity index (χ1v) is 9.23. The number of fused-ring (bicyclic) bond motifs is 1. The largest absolute Gasteiger partial charge is 0.233 e. The number of quaternary nitrogens is 2. The van der Waals surface area contributed by atoms with Gasteiger partial charge in [0.2, 0.25) is 13.3 Å². The van der Waals surface area contributed by atoms with E-state index in [-0.39, 0.29) is 0 Å². The highest BCUT2D eigenvalue weighted by Gasteiger charge is 2.59. The van der Waals surface area contributed by atoms with Crippen molar-refractivity contribution in [2.24, 2.45) is 0 Å². The highest BCUT2D eigenvalue weighted by atomic mass is 15.7. The van der Waals surface area contributed by atoms with Crippen molar-refractivity contribution in [1.29, 1.82) is 0 Å². The standard InChI is InChI=1S/C7H16N2.2C6H10N/c1-3-9-5-4-8(2,6-9)7-9;2*1-2-7-5-3-4-6-7/h3-7H2,1-2H3;3,5-6H,2,4H2,1H3;3-5H,2,6H2,1H3/q+2;2*+1. The maximum absolute atomic E-state index is 2.37. The summed E-state index contributed by atoms with van der Waals surface area (Å²) in [6.07, 6.45) is 13.9. The first-order valence-electron chi connectivity index (χ1n) is 9.23. The van der Waals surface area contributed by atoms with Crippen LogP contribution in [0, 0.1) is 0 Å². The van der Waals surface area contributed by atoms with Crippen LogP contribution in [0.3, 0.4) is 0 Å². The molecular formula is C19H36N4+4. The van der Waals surface area contributed by atoms with Crippen LogP contribution >= 0.6 is 0 Å². The third-order valence-corrected chi connectivity index (χ3v) is 5.38. The first-order chi connectivity index (χ1) is 11.0. The summed E-state index contributed by atoms with van der Waals surface area (Å²) in [6.45, 7) is 17.0. The fourth-order valence-corrected chi connectivity index (χ4v) is 3.86. The molecule has 4 nitrogen and oxygen atoms in total. The molecule has 0 spiro atoms. The Morgan fingerprint density at radius 3 is 2.04 bits per heavy atom. The first kappa shape index (κ1) is 18.1. The fourth-order valence-electron chi connectivity index (χ4n) is 3.86. The van der Waals surface area contributed by atoms with Gasteiger partial charge >= 0.3 is 0 Å². The third-order valence-electron chi connectivity index (χ3n) is 5.38. The SMILES string of the molecule is CC[N+]12CC[N+](C)(C1)C2.CC[N+]1=CC=CC1.CC[N+]1=CCC=C1. The van der Waals surface area contributed by atoms with Crippen molar-refractivity contribution in [1.82, 2.24) is 0 Å². The smallest absolute Gasteiger partial charge is 0.216 e. The molecule has 4 heteroatoms. The lowest BCUT2D eigenvalue weighted by molar-refractivity contribution is -1.21. The minimum absolute atomic E-state index is 1.11. The third kappa shape index (κ3) is 4.85. The summed E-state index contributed by atoms with van der Waals surface area (Å²) in [4.78, 5) is 0. The number of rotatable bonds is 3. The van der Waals surface area contributed by atoms with Crippen LogP contribution in [0.5, 0.6) is 0 Å². The molecule has 128 valence electrons. The zero-order valence-corrected chi connectivity index (χ0v) is 15.6. The number of nitrogens with zero attached hydrogens (tertiary/aromatic N) is 4. The van der Waals surface area contributed by atoms with Gasteiger partial charge in [-0.3, -0.25) is 0 Å². The minimum Gasteiger partial charge on any atom is -0.233 e. The molecule has 2 bridgehead atoms. The van der Waals surface area contributed by atoms with E-state index in [1.807, 2.05) is 0 Å². The Hall–Kier alpha value is -1.26. The predicted molar refractivity (Wildman–Crippen MR) is 97.9 cm³/mol. The average Bonchev–Trinajstić information content (AvgIpc) is 3.31. The van der Waals surface area contributed by atoms with Crippen LogP contribution in [0.4, 0.5) is 0 Å². The van der Waals surface area contributed by atoms with Crippen LogP contribution in [0.25, 0.3) is 0 Å². The van der Waals surface area contributed by atoms with Crippen molar-refractivity contribution in [3.8, 4) is 0 Å². The van der Waals surface area contributed by atoms with E-state index < -0.39 is 0 Å². The van der Waals surface area contributed by atoms with Crippen LogP contribution < -0.4 is 0 Å². The summed E-state index contributed by atoms with van der Waals surface area (Å²) in [5.41, 5.74) is 0. The Bertz CT molecular complexity index is 507. The van der Waals surface area contributed by atoms with Crippen molar-refractivity contribution in [2.75, 3.05) is 59.7 Å². The predicted octanol–water partition coefficient (Wildman–Crippen LogP) is 1.88. The van der Waals surface area contributed by atoms with Gasteiger partial charge in [-0.2, -0.15) is 0 Å². The maximum atomic E-state index is 2.37. The van der Waals surface area contributed by atoms with E-state index in [0.29, 0.717) is 0 Å². The Morgan fingerprint density at radius 1 is 1.00 bits per heavy atom. The van der Waals surface area contributed by atoms with Gasteiger partial charge in [-0.15, -0.1) is 0 Å². The molecule has 3 fully saturated rings. The van der Waals surface area contributed by atoms with E-state index in [4.69, 9.17) is 0 Å². The van der Waals surface area contributed by atoms with Gasteiger partial charge in [0, 0.05) is 12.5 Å². The summed E-state index contributed by atoms with van der Waals surface area (Å²) in [5.74, 6) is 0. The lowest BCUT2D eigenvalue weighted by atomic mass is 10.4. The van der Waals surface area contributed by atoms with Crippen molar-refractivity contribution in [2.45, 2.75) is 27.2 Å². The molecule has 0 unspecified atom stereocenters. The average molecular weight is 321 g/mol. The normalized spacial score (nSPS) is 32.3. The number of hydrogen-bond acceptors (Lipinski definition) is 0. The molecule has 5 rings (SSSR count). The summed E-state index contributed by atoms with van der Waals surface area (Å²) >= 11 is 0. The van der Waals surface area contributed by atoms with Gasteiger partial charge in [-0.1, -0.05) is 0 Å². The highest BCUT2D eigenvalue weighted by molar-refractivity contribution is 5.67. The van der Waals surface area contributed by atoms with Gasteiger partial charge in [-0.05, 0) is 32.9 Å². The van der Waals surface area contributed by atoms with E-state index in [9.17, 15) is 0 Å². The summed E-state index contributed by atoms with van der Waals surface area (Å²) in [7, 11) is 2.37. The number of likely N-dealkylation sites (N-methyl/N-ethyl adjacent to an activating group) is 3. The monoisotopic (exact) mass is 320 g/mol. The summed E-state index contributed by atoms with van der Waals surface area (Å²) in [5, 5.41) is 0. The van der Waals surface area contributed by atoms with E-state index in [1.54, 1.807) is 0 Å². The summed E-state index contributed by atoms with van der Waals surface area (Å²) in [6, 6.07) is 0. The Balaban J connectivity index is 0.000000127. The quantitative estimate of drug-likeness (QED) is 0.553. The molecular weight excluding hydrogens is 284 g/mol. The van der Waals surface area contributed by atoms with Crippen molar-refractivity contribution in [3.05, 3.63) is 24.4 Å². The molecule has 0 N–H and O–H groups in total. The molecule has 0 aromatic carbocycles. The van der Waals surface area contributed by atoms with Gasteiger partial charge < -0.3 is 0 Å². The van der Waals surface area contributed by atoms with Crippen molar-refractivity contribution >= 4 is 12.4 Å². The molecule has 0 saturated carbocycles. The molecule has 0 atom stereocenters. The van der Waals surface area contributed by atoms with Gasteiger partial charge in [0.15, 0.2) is 19.0 Å². The lowest BCUT2D eigenvalue weighted by Gasteiger charge is -2.44. The van der Waals surface area contributed by atoms with Gasteiger partial charge in [0.25, 0.3) is 0 Å². The van der Waals surface area contributed by atoms with Crippen molar-refractivity contribution in [3.63, 3.8) is 0 Å². The second-order valence-corrected chi connectivity index (χ2v) is 7.31. The molecule has 0 amide bonds. The van der Waals surface area contributed by atoms with Crippen LogP contribution in [0.2, 0.25) is 0 Å². The maximum Gasteiger partial charge on any atom is 0.216 e. The second-order valence-electron chi connectivity index (χ2n) is 7.31. The van der Waals surface area contributed by atoms with Crippen LogP contribution in [0.1, 0.15) is 27.2 Å². The molecule has 5 heterocycles. The zero-order chi connectivity index (χ0) is 16.8. The minimum atomic E-state index is 1.11. The van der Waals surface area contributed by atoms with E-state index in [1.165, 1.54) is 41.9 Å². The van der Waals surface area contributed by atoms with Gasteiger partial charge in [0.05, 0.1) is 13.6 Å². The molecule has 0 aliphatic carbocycles. The Morgan fingerprint density at radius 2 is 1.78 bits per heavy atom. The van der Waals surface area contributed by atoms with Gasteiger partial charge in [-0.25, -0.2) is 18.1 Å². The van der Waals surface area contributed by atoms with E-state index in [2.05, 4.69) is 73.8 Å². The van der Waals surface area contributed by atoms with Crippen LogP contribution in [-0.2, 0) is 0 Å². The molecule has 0 aromatic heterocycles. The lowest BCUT2D eigenvalue weighted by Crippen LogP contribution is -2.68. The topological polar surface area (TPSA) is 6.02 Å².